The minimum absolute atomic E-state index is 0.0254. The molecule has 4 rings (SSSR count). The molecule has 3 aromatic rings. The summed E-state index contributed by atoms with van der Waals surface area (Å²) < 4.78 is 57.0. The third-order valence-electron chi connectivity index (χ3n) is 6.96. The molecule has 8 nitrogen and oxygen atoms in total. The highest BCUT2D eigenvalue weighted by Gasteiger charge is 2.33. The monoisotopic (exact) mass is 545 g/mol. The van der Waals surface area contributed by atoms with Crippen molar-refractivity contribution >= 4 is 36.9 Å². The molecule has 0 aliphatic carbocycles. The molecule has 2 aromatic carbocycles. The summed E-state index contributed by atoms with van der Waals surface area (Å²) in [4.78, 5) is 15.5. The van der Waals surface area contributed by atoms with Crippen molar-refractivity contribution in [2.75, 3.05) is 13.1 Å². The summed E-state index contributed by atoms with van der Waals surface area (Å²) in [5.74, 6) is 0.0414. The Morgan fingerprint density at radius 3 is 2.00 bits per heavy atom. The number of carbonyl (C=O) groups is 1. The van der Waals surface area contributed by atoms with E-state index >= 15 is 0 Å². The Bertz CT molecular complexity index is 1490. The number of hydrogen-bond acceptors (Lipinski definition) is 5. The summed E-state index contributed by atoms with van der Waals surface area (Å²) >= 11 is 0. The normalized spacial score (nSPS) is 16.1. The second kappa shape index (κ2) is 10.2. The van der Waals surface area contributed by atoms with Gasteiger partial charge < -0.3 is 4.90 Å². The van der Waals surface area contributed by atoms with Gasteiger partial charge in [0.2, 0.25) is 10.0 Å². The van der Waals surface area contributed by atoms with Gasteiger partial charge >= 0.3 is 0 Å². The van der Waals surface area contributed by atoms with Crippen LogP contribution in [0.25, 0.3) is 10.9 Å². The minimum Gasteiger partial charge on any atom is -0.332 e. The zero-order valence-electron chi connectivity index (χ0n) is 22.0. The van der Waals surface area contributed by atoms with Gasteiger partial charge in [-0.05, 0) is 82.9 Å². The lowest BCUT2D eigenvalue weighted by atomic mass is 10.0. The number of nitrogens with zero attached hydrogens (tertiary/aromatic N) is 3. The first kappa shape index (κ1) is 27.3. The maximum atomic E-state index is 13.8. The molecule has 0 bridgehead atoms. The smallest absolute Gasteiger partial charge is 0.272 e. The van der Waals surface area contributed by atoms with Crippen LogP contribution in [0.2, 0.25) is 0 Å². The molecule has 1 aliphatic heterocycles. The van der Waals surface area contributed by atoms with Crippen LogP contribution in [0.1, 0.15) is 57.9 Å². The molecular weight excluding hydrogens is 510 g/mol. The van der Waals surface area contributed by atoms with E-state index in [0.29, 0.717) is 24.4 Å². The number of piperidine rings is 1. The Balaban J connectivity index is 1.91. The fourth-order valence-electron chi connectivity index (χ4n) is 5.01. The van der Waals surface area contributed by atoms with Gasteiger partial charge in [-0.1, -0.05) is 25.1 Å². The molecule has 1 fully saturated rings. The third-order valence-corrected chi connectivity index (χ3v) is 10.6. The first-order chi connectivity index (χ1) is 17.4. The Hall–Kier alpha value is -2.69. The number of hydrogen-bond donors (Lipinski definition) is 0. The standard InChI is InChI=1S/C27H35N3O5S2/c1-19(2)29(20(3)4)27(31)26-18-22-17-24(36(32,33)28-15-13-21(5)14-16-28)11-12-25(22)30(26)37(34,35)23-9-7-6-8-10-23/h6-12,17-21H,13-16H2,1-5H3. The molecule has 0 spiro atoms. The average molecular weight is 546 g/mol. The molecule has 0 radical (unpaired) electrons. The topological polar surface area (TPSA) is 96.8 Å². The van der Waals surface area contributed by atoms with E-state index < -0.39 is 26.0 Å². The van der Waals surface area contributed by atoms with Gasteiger partial charge in [0.05, 0.1) is 15.3 Å². The van der Waals surface area contributed by atoms with Crippen molar-refractivity contribution in [2.45, 2.75) is 69.3 Å². The van der Waals surface area contributed by atoms with Crippen molar-refractivity contribution in [3.05, 3.63) is 60.3 Å². The van der Waals surface area contributed by atoms with Crippen LogP contribution in [0.3, 0.4) is 0 Å². The largest absolute Gasteiger partial charge is 0.332 e. The quantitative estimate of drug-likeness (QED) is 0.434. The van der Waals surface area contributed by atoms with Crippen LogP contribution in [-0.4, -0.2) is 61.1 Å². The lowest BCUT2D eigenvalue weighted by Crippen LogP contribution is -2.43. The predicted octanol–water partition coefficient (Wildman–Crippen LogP) is 4.56. The number of benzene rings is 2. The van der Waals surface area contributed by atoms with E-state index in [-0.39, 0.29) is 33.1 Å². The fraction of sp³-hybridized carbons (Fsp3) is 0.444. The summed E-state index contributed by atoms with van der Waals surface area (Å²) in [6, 6.07) is 13.5. The molecule has 1 aromatic heterocycles. The van der Waals surface area contributed by atoms with Crippen LogP contribution in [0.5, 0.6) is 0 Å². The molecule has 1 amide bonds. The van der Waals surface area contributed by atoms with Gasteiger partial charge in [-0.2, -0.15) is 4.31 Å². The van der Waals surface area contributed by atoms with Gasteiger partial charge in [0.25, 0.3) is 15.9 Å². The van der Waals surface area contributed by atoms with E-state index in [1.807, 2.05) is 27.7 Å². The van der Waals surface area contributed by atoms with E-state index in [0.717, 1.165) is 16.8 Å². The summed E-state index contributed by atoms with van der Waals surface area (Å²) in [6.07, 6.45) is 1.60. The zero-order valence-corrected chi connectivity index (χ0v) is 23.6. The van der Waals surface area contributed by atoms with Gasteiger partial charge in [0.15, 0.2) is 0 Å². The van der Waals surface area contributed by atoms with Crippen LogP contribution >= 0.6 is 0 Å². The maximum Gasteiger partial charge on any atom is 0.272 e. The number of rotatable bonds is 7. The minimum atomic E-state index is -4.15. The summed E-state index contributed by atoms with van der Waals surface area (Å²) in [5, 5.41) is 0.377. The van der Waals surface area contributed by atoms with Crippen molar-refractivity contribution in [3.8, 4) is 0 Å². The highest BCUT2D eigenvalue weighted by atomic mass is 32.2. The van der Waals surface area contributed by atoms with Gasteiger partial charge in [0.1, 0.15) is 5.69 Å². The van der Waals surface area contributed by atoms with Crippen molar-refractivity contribution in [2.24, 2.45) is 5.92 Å². The number of sulfonamides is 1. The molecule has 0 atom stereocenters. The van der Waals surface area contributed by atoms with Crippen molar-refractivity contribution < 1.29 is 21.6 Å². The van der Waals surface area contributed by atoms with Gasteiger partial charge in [0, 0.05) is 30.6 Å². The van der Waals surface area contributed by atoms with Crippen LogP contribution < -0.4 is 0 Å². The molecule has 0 unspecified atom stereocenters. The molecule has 200 valence electrons. The fourth-order valence-corrected chi connectivity index (χ4v) is 8.04. The van der Waals surface area contributed by atoms with Gasteiger partial charge in [-0.25, -0.2) is 20.8 Å². The Labute approximate surface area is 220 Å². The second-order valence-corrected chi connectivity index (χ2v) is 14.0. The molecule has 1 aliphatic rings. The van der Waals surface area contributed by atoms with E-state index in [9.17, 15) is 21.6 Å². The Morgan fingerprint density at radius 2 is 1.43 bits per heavy atom. The molecule has 10 heteroatoms. The Kier molecular flexibility index (Phi) is 7.56. The summed E-state index contributed by atoms with van der Waals surface area (Å²) in [6.45, 7) is 10.5. The number of carbonyl (C=O) groups excluding carboxylic acids is 1. The number of amides is 1. The molecule has 0 saturated carbocycles. The molecule has 37 heavy (non-hydrogen) atoms. The molecular formula is C27H35N3O5S2. The van der Waals surface area contributed by atoms with Crippen molar-refractivity contribution in [3.63, 3.8) is 0 Å². The highest BCUT2D eigenvalue weighted by molar-refractivity contribution is 7.90. The average Bonchev–Trinajstić information content (AvgIpc) is 3.24. The van der Waals surface area contributed by atoms with Gasteiger partial charge in [-0.15, -0.1) is 0 Å². The first-order valence-electron chi connectivity index (χ1n) is 12.6. The predicted molar refractivity (Wildman–Crippen MR) is 145 cm³/mol. The SMILES string of the molecule is CC1CCN(S(=O)(=O)c2ccc3c(c2)cc(C(=O)N(C(C)C)C(C)C)n3S(=O)(=O)c2ccccc2)CC1. The van der Waals surface area contributed by atoms with Crippen LogP contribution in [0.15, 0.2) is 64.4 Å². The van der Waals surface area contributed by atoms with Crippen molar-refractivity contribution in [1.29, 1.82) is 0 Å². The van der Waals surface area contributed by atoms with E-state index in [2.05, 4.69) is 6.92 Å². The number of fused-ring (bicyclic) bond motifs is 1. The lowest BCUT2D eigenvalue weighted by Gasteiger charge is -2.31. The van der Waals surface area contributed by atoms with Gasteiger partial charge in [-0.3, -0.25) is 4.79 Å². The Morgan fingerprint density at radius 1 is 0.838 bits per heavy atom. The lowest BCUT2D eigenvalue weighted by molar-refractivity contribution is 0.0636. The van der Waals surface area contributed by atoms with E-state index in [4.69, 9.17) is 0 Å². The second-order valence-electron chi connectivity index (χ2n) is 10.3. The molecule has 2 heterocycles. The molecule has 1 saturated heterocycles. The number of aromatic nitrogens is 1. The summed E-state index contributed by atoms with van der Waals surface area (Å²) in [5.41, 5.74) is 0.230. The molecule has 0 N–H and O–H groups in total. The van der Waals surface area contributed by atoms with E-state index in [1.54, 1.807) is 23.1 Å². The first-order valence-corrected chi connectivity index (χ1v) is 15.5. The summed E-state index contributed by atoms with van der Waals surface area (Å²) in [7, 11) is -7.90. The zero-order chi connectivity index (χ0) is 27.1. The van der Waals surface area contributed by atoms with Crippen LogP contribution in [-0.2, 0) is 20.0 Å². The van der Waals surface area contributed by atoms with Crippen LogP contribution in [0, 0.1) is 5.92 Å². The van der Waals surface area contributed by atoms with Crippen LogP contribution in [0.4, 0.5) is 0 Å². The third kappa shape index (κ3) is 5.06. The maximum absolute atomic E-state index is 13.8. The van der Waals surface area contributed by atoms with E-state index in [1.165, 1.54) is 40.7 Å². The highest BCUT2D eigenvalue weighted by Crippen LogP contribution is 2.31. The van der Waals surface area contributed by atoms with Crippen molar-refractivity contribution in [1.82, 2.24) is 13.2 Å².